The average molecular weight is 322 g/mol. The van der Waals surface area contributed by atoms with Crippen molar-refractivity contribution in [2.45, 2.75) is 19.4 Å². The average Bonchev–Trinajstić information content (AvgIpc) is 2.61. The molecule has 0 aliphatic rings. The van der Waals surface area contributed by atoms with Gasteiger partial charge in [-0.3, -0.25) is 5.32 Å². The highest BCUT2D eigenvalue weighted by molar-refractivity contribution is 5.94. The molecule has 2 aromatic rings. The van der Waals surface area contributed by atoms with Crippen LogP contribution in [-0.4, -0.2) is 25.0 Å². The molecule has 1 atom stereocenters. The summed E-state index contributed by atoms with van der Waals surface area (Å²) in [5, 5.41) is 14.7. The fourth-order valence-electron chi connectivity index (χ4n) is 2.24. The minimum atomic E-state index is -0.0245. The van der Waals surface area contributed by atoms with E-state index in [4.69, 9.17) is 5.26 Å². The number of aromatic nitrogens is 1. The molecule has 0 aliphatic heterocycles. The van der Waals surface area contributed by atoms with Crippen molar-refractivity contribution < 1.29 is 0 Å². The zero-order valence-corrected chi connectivity index (χ0v) is 14.2. The van der Waals surface area contributed by atoms with E-state index in [0.29, 0.717) is 5.96 Å². The molecule has 0 bridgehead atoms. The molecular formula is C18H22N6. The molecule has 1 aromatic carbocycles. The number of benzene rings is 1. The SMILES string of the molecule is CCC(N=C(NC#N)Nc1ccc(N(C)C)nc1)c1ccccc1. The van der Waals surface area contributed by atoms with Gasteiger partial charge in [-0.1, -0.05) is 37.3 Å². The molecule has 6 nitrogen and oxygen atoms in total. The van der Waals surface area contributed by atoms with Crippen molar-refractivity contribution in [1.82, 2.24) is 10.3 Å². The van der Waals surface area contributed by atoms with Gasteiger partial charge in [0, 0.05) is 14.1 Å². The Balaban J connectivity index is 2.20. The van der Waals surface area contributed by atoms with Crippen molar-refractivity contribution in [3.8, 4) is 6.19 Å². The number of rotatable bonds is 5. The third kappa shape index (κ3) is 4.71. The molecule has 2 N–H and O–H groups in total. The van der Waals surface area contributed by atoms with E-state index in [9.17, 15) is 0 Å². The molecule has 1 unspecified atom stereocenters. The van der Waals surface area contributed by atoms with Gasteiger partial charge in [-0.2, -0.15) is 5.26 Å². The Morgan fingerprint density at radius 2 is 2.00 bits per heavy atom. The predicted octanol–water partition coefficient (Wildman–Crippen LogP) is 3.14. The van der Waals surface area contributed by atoms with E-state index in [2.05, 4.69) is 27.5 Å². The number of aliphatic imine (C=N–C) groups is 1. The van der Waals surface area contributed by atoms with Gasteiger partial charge in [0.15, 0.2) is 6.19 Å². The molecule has 24 heavy (non-hydrogen) atoms. The van der Waals surface area contributed by atoms with Gasteiger partial charge < -0.3 is 10.2 Å². The summed E-state index contributed by atoms with van der Waals surface area (Å²) in [7, 11) is 3.87. The first-order valence-corrected chi connectivity index (χ1v) is 7.82. The van der Waals surface area contributed by atoms with Crippen molar-refractivity contribution in [2.24, 2.45) is 4.99 Å². The highest BCUT2D eigenvalue weighted by Gasteiger charge is 2.10. The Morgan fingerprint density at radius 1 is 1.25 bits per heavy atom. The number of nitriles is 1. The van der Waals surface area contributed by atoms with Crippen LogP contribution in [0, 0.1) is 11.5 Å². The molecular weight excluding hydrogens is 300 g/mol. The molecule has 2 rings (SSSR count). The first kappa shape index (κ1) is 17.3. The first-order valence-electron chi connectivity index (χ1n) is 7.82. The van der Waals surface area contributed by atoms with E-state index < -0.39 is 0 Å². The second-order valence-electron chi connectivity index (χ2n) is 5.47. The molecule has 0 saturated carbocycles. The lowest BCUT2D eigenvalue weighted by Gasteiger charge is -2.15. The van der Waals surface area contributed by atoms with E-state index in [1.807, 2.05) is 67.7 Å². The fraction of sp³-hybridized carbons (Fsp3) is 0.278. The van der Waals surface area contributed by atoms with E-state index in [1.165, 1.54) is 0 Å². The van der Waals surface area contributed by atoms with E-state index in [-0.39, 0.29) is 6.04 Å². The highest BCUT2D eigenvalue weighted by Crippen LogP contribution is 2.21. The van der Waals surface area contributed by atoms with E-state index >= 15 is 0 Å². The standard InChI is InChI=1S/C18H22N6/c1-4-16(14-8-6-5-7-9-14)23-18(21-13-19)22-15-10-11-17(20-12-15)24(2)3/h5-12,16H,4H2,1-3H3,(H2,21,22,23). The van der Waals surface area contributed by atoms with Crippen LogP contribution in [0.25, 0.3) is 0 Å². The molecule has 0 spiro atoms. The lowest BCUT2D eigenvalue weighted by atomic mass is 10.1. The third-order valence-corrected chi connectivity index (χ3v) is 3.50. The van der Waals surface area contributed by atoms with Gasteiger partial charge in [0.2, 0.25) is 5.96 Å². The summed E-state index contributed by atoms with van der Waals surface area (Å²) in [6.07, 6.45) is 4.48. The van der Waals surface area contributed by atoms with Gasteiger partial charge in [-0.25, -0.2) is 9.98 Å². The van der Waals surface area contributed by atoms with Crippen molar-refractivity contribution >= 4 is 17.5 Å². The van der Waals surface area contributed by atoms with Crippen molar-refractivity contribution in [1.29, 1.82) is 5.26 Å². The van der Waals surface area contributed by atoms with Crippen molar-refractivity contribution in [3.63, 3.8) is 0 Å². The van der Waals surface area contributed by atoms with Gasteiger partial charge in [0.05, 0.1) is 17.9 Å². The highest BCUT2D eigenvalue weighted by atomic mass is 15.2. The van der Waals surface area contributed by atoms with Crippen LogP contribution in [0.5, 0.6) is 0 Å². The number of nitrogens with zero attached hydrogens (tertiary/aromatic N) is 4. The smallest absolute Gasteiger partial charge is 0.209 e. The van der Waals surface area contributed by atoms with E-state index in [1.54, 1.807) is 6.20 Å². The van der Waals surface area contributed by atoms with Crippen LogP contribution in [0.2, 0.25) is 0 Å². The lowest BCUT2D eigenvalue weighted by molar-refractivity contribution is 0.698. The van der Waals surface area contributed by atoms with Crippen LogP contribution in [0.3, 0.4) is 0 Å². The number of hydrogen-bond donors (Lipinski definition) is 2. The Kier molecular flexibility index (Phi) is 6.15. The minimum Gasteiger partial charge on any atom is -0.363 e. The maximum Gasteiger partial charge on any atom is 0.209 e. The van der Waals surface area contributed by atoms with Gasteiger partial charge in [-0.15, -0.1) is 0 Å². The second-order valence-corrected chi connectivity index (χ2v) is 5.47. The summed E-state index contributed by atoms with van der Waals surface area (Å²) >= 11 is 0. The summed E-state index contributed by atoms with van der Waals surface area (Å²) in [5.41, 5.74) is 1.88. The van der Waals surface area contributed by atoms with Crippen LogP contribution in [-0.2, 0) is 0 Å². The molecule has 0 saturated heterocycles. The summed E-state index contributed by atoms with van der Waals surface area (Å²) in [4.78, 5) is 10.9. The summed E-state index contributed by atoms with van der Waals surface area (Å²) in [6, 6.07) is 13.8. The van der Waals surface area contributed by atoms with Crippen molar-refractivity contribution in [2.75, 3.05) is 24.3 Å². The topological polar surface area (TPSA) is 76.3 Å². The number of anilines is 2. The molecule has 0 aliphatic carbocycles. The normalized spacial score (nSPS) is 12.2. The Labute approximate surface area is 142 Å². The number of hydrogen-bond acceptors (Lipinski definition) is 4. The summed E-state index contributed by atoms with van der Waals surface area (Å²) in [5.74, 6) is 1.27. The number of pyridine rings is 1. The van der Waals surface area contributed by atoms with E-state index in [0.717, 1.165) is 23.5 Å². The Hall–Kier alpha value is -3.07. The largest absolute Gasteiger partial charge is 0.363 e. The zero-order valence-electron chi connectivity index (χ0n) is 14.2. The Morgan fingerprint density at radius 3 is 2.54 bits per heavy atom. The predicted molar refractivity (Wildman–Crippen MR) is 97.8 cm³/mol. The van der Waals surface area contributed by atoms with Crippen LogP contribution < -0.4 is 15.5 Å². The molecule has 6 heteroatoms. The molecule has 0 radical (unpaired) electrons. The van der Waals surface area contributed by atoms with Gasteiger partial charge in [0.25, 0.3) is 0 Å². The maximum absolute atomic E-state index is 8.98. The van der Waals surface area contributed by atoms with Crippen LogP contribution in [0.1, 0.15) is 24.9 Å². The van der Waals surface area contributed by atoms with Gasteiger partial charge >= 0.3 is 0 Å². The van der Waals surface area contributed by atoms with Crippen LogP contribution >= 0.6 is 0 Å². The molecule has 1 heterocycles. The lowest BCUT2D eigenvalue weighted by Crippen LogP contribution is -2.27. The summed E-state index contributed by atoms with van der Waals surface area (Å²) in [6.45, 7) is 2.07. The quantitative estimate of drug-likeness (QED) is 0.383. The fourth-order valence-corrected chi connectivity index (χ4v) is 2.24. The zero-order chi connectivity index (χ0) is 17.4. The maximum atomic E-state index is 8.98. The van der Waals surface area contributed by atoms with Crippen LogP contribution in [0.4, 0.5) is 11.5 Å². The van der Waals surface area contributed by atoms with Gasteiger partial charge in [-0.05, 0) is 24.1 Å². The number of nitrogens with one attached hydrogen (secondary N) is 2. The van der Waals surface area contributed by atoms with Crippen LogP contribution in [0.15, 0.2) is 53.7 Å². The third-order valence-electron chi connectivity index (χ3n) is 3.50. The molecule has 1 aromatic heterocycles. The molecule has 124 valence electrons. The first-order chi connectivity index (χ1) is 11.6. The number of guanidine groups is 1. The van der Waals surface area contributed by atoms with Crippen molar-refractivity contribution in [3.05, 3.63) is 54.2 Å². The summed E-state index contributed by atoms with van der Waals surface area (Å²) < 4.78 is 0. The monoisotopic (exact) mass is 322 g/mol. The molecule has 0 fully saturated rings. The minimum absolute atomic E-state index is 0.0245. The Bertz CT molecular complexity index is 701. The second kappa shape index (κ2) is 8.53. The van der Waals surface area contributed by atoms with Gasteiger partial charge in [0.1, 0.15) is 5.82 Å². The molecule has 0 amide bonds.